The number of benzene rings is 2. The lowest BCUT2D eigenvalue weighted by Crippen LogP contribution is -2.33. The van der Waals surface area contributed by atoms with Gasteiger partial charge in [-0.25, -0.2) is 4.39 Å². The Labute approximate surface area is 197 Å². The average molecular weight is 449 g/mol. The van der Waals surface area contributed by atoms with Crippen molar-refractivity contribution in [2.75, 3.05) is 5.32 Å². The molecule has 2 aromatic carbocycles. The third-order valence-electron chi connectivity index (χ3n) is 7.29. The molecule has 3 nitrogen and oxygen atoms in total. The molecule has 2 saturated carbocycles. The van der Waals surface area contributed by atoms with Gasteiger partial charge in [-0.05, 0) is 92.5 Å². The molecule has 2 aromatic rings. The summed E-state index contributed by atoms with van der Waals surface area (Å²) in [6.07, 6.45) is 12.1. The minimum absolute atomic E-state index is 0.0434. The molecule has 1 amide bonds. The third-order valence-corrected chi connectivity index (χ3v) is 7.29. The first kappa shape index (κ1) is 23.5. The van der Waals surface area contributed by atoms with Gasteiger partial charge in [-0.15, -0.1) is 0 Å². The first-order valence-electron chi connectivity index (χ1n) is 12.6. The zero-order chi connectivity index (χ0) is 23.4. The van der Waals surface area contributed by atoms with Gasteiger partial charge in [-0.3, -0.25) is 4.79 Å². The van der Waals surface area contributed by atoms with E-state index in [1.165, 1.54) is 25.7 Å². The van der Waals surface area contributed by atoms with Crippen molar-refractivity contribution in [3.8, 4) is 11.1 Å². The number of carbonyl (C=O) groups excluding carboxylic acids is 1. The molecule has 0 heterocycles. The molecule has 33 heavy (non-hydrogen) atoms. The predicted octanol–water partition coefficient (Wildman–Crippen LogP) is 7.32. The number of aryl methyl sites for hydroxylation is 2. The van der Waals surface area contributed by atoms with E-state index in [9.17, 15) is 4.79 Å². The van der Waals surface area contributed by atoms with Gasteiger partial charge in [-0.2, -0.15) is 0 Å². The van der Waals surface area contributed by atoms with Crippen LogP contribution in [-0.2, 0) is 4.79 Å². The topological polar surface area (TPSA) is 41.1 Å². The Kier molecular flexibility index (Phi) is 7.52. The number of hydrogen-bond acceptors (Lipinski definition) is 2. The maximum Gasteiger partial charge on any atom is 0.247 e. The van der Waals surface area contributed by atoms with Crippen molar-refractivity contribution in [1.29, 1.82) is 0 Å². The monoisotopic (exact) mass is 448 g/mol. The molecule has 0 aliphatic heterocycles. The van der Waals surface area contributed by atoms with Crippen LogP contribution in [0.1, 0.15) is 81.4 Å². The Balaban J connectivity index is 1.55. The Morgan fingerprint density at radius 2 is 1.61 bits per heavy atom. The summed E-state index contributed by atoms with van der Waals surface area (Å²) in [6, 6.07) is 10.4. The minimum Gasteiger partial charge on any atom is -0.382 e. The van der Waals surface area contributed by atoms with E-state index in [0.717, 1.165) is 59.2 Å². The van der Waals surface area contributed by atoms with Crippen molar-refractivity contribution >= 4 is 17.7 Å². The molecule has 4 heteroatoms. The largest absolute Gasteiger partial charge is 0.382 e. The summed E-state index contributed by atoms with van der Waals surface area (Å²) in [5.74, 6) is -0.157. The van der Waals surface area contributed by atoms with Crippen LogP contribution < -0.4 is 10.6 Å². The lowest BCUT2D eigenvalue weighted by Gasteiger charge is -2.16. The summed E-state index contributed by atoms with van der Waals surface area (Å²) in [5, 5.41) is 6.67. The van der Waals surface area contributed by atoms with E-state index in [1.54, 1.807) is 6.07 Å². The van der Waals surface area contributed by atoms with Gasteiger partial charge in [0.25, 0.3) is 0 Å². The maximum absolute atomic E-state index is 15.1. The SMILES string of the molecule is CC/C(=C\c1cc(C)c(-c2ccc(NC3CCCC3)cc2F)cc1C)C(=O)NC1CCCC1. The van der Waals surface area contributed by atoms with Gasteiger partial charge in [-0.1, -0.05) is 44.7 Å². The van der Waals surface area contributed by atoms with Crippen molar-refractivity contribution in [1.82, 2.24) is 5.32 Å². The van der Waals surface area contributed by atoms with Crippen molar-refractivity contribution in [3.63, 3.8) is 0 Å². The summed E-state index contributed by atoms with van der Waals surface area (Å²) in [5.41, 5.74) is 6.26. The number of amides is 1. The Bertz CT molecular complexity index is 1030. The molecule has 0 spiro atoms. The molecule has 2 fully saturated rings. The normalized spacial score (nSPS) is 17.5. The van der Waals surface area contributed by atoms with Crippen molar-refractivity contribution in [2.45, 2.75) is 90.6 Å². The van der Waals surface area contributed by atoms with Gasteiger partial charge in [0.05, 0.1) is 0 Å². The fourth-order valence-corrected chi connectivity index (χ4v) is 5.28. The van der Waals surface area contributed by atoms with Crippen LogP contribution >= 0.6 is 0 Å². The van der Waals surface area contributed by atoms with Crippen LogP contribution in [0.25, 0.3) is 17.2 Å². The van der Waals surface area contributed by atoms with E-state index in [-0.39, 0.29) is 11.7 Å². The second kappa shape index (κ2) is 10.5. The van der Waals surface area contributed by atoms with Crippen molar-refractivity contribution in [3.05, 3.63) is 58.4 Å². The van der Waals surface area contributed by atoms with Crippen LogP contribution in [0.5, 0.6) is 0 Å². The number of anilines is 1. The van der Waals surface area contributed by atoms with Crippen molar-refractivity contribution < 1.29 is 9.18 Å². The van der Waals surface area contributed by atoms with E-state index in [0.29, 0.717) is 24.1 Å². The fraction of sp³-hybridized carbons (Fsp3) is 0.483. The summed E-state index contributed by atoms with van der Waals surface area (Å²) in [7, 11) is 0. The fourth-order valence-electron chi connectivity index (χ4n) is 5.28. The Morgan fingerprint density at radius 3 is 2.24 bits per heavy atom. The molecule has 4 rings (SSSR count). The van der Waals surface area contributed by atoms with Crippen LogP contribution in [0.4, 0.5) is 10.1 Å². The van der Waals surface area contributed by atoms with E-state index in [4.69, 9.17) is 0 Å². The van der Waals surface area contributed by atoms with Gasteiger partial charge in [0.15, 0.2) is 0 Å². The molecule has 0 bridgehead atoms. The van der Waals surface area contributed by atoms with E-state index in [1.807, 2.05) is 45.0 Å². The van der Waals surface area contributed by atoms with Crippen LogP contribution in [-0.4, -0.2) is 18.0 Å². The lowest BCUT2D eigenvalue weighted by atomic mass is 9.93. The molecule has 0 aromatic heterocycles. The highest BCUT2D eigenvalue weighted by Gasteiger charge is 2.19. The molecule has 0 unspecified atom stereocenters. The minimum atomic E-state index is -0.200. The zero-order valence-corrected chi connectivity index (χ0v) is 20.3. The van der Waals surface area contributed by atoms with Gasteiger partial charge < -0.3 is 10.6 Å². The van der Waals surface area contributed by atoms with Crippen LogP contribution in [0.2, 0.25) is 0 Å². The number of carbonyl (C=O) groups is 1. The van der Waals surface area contributed by atoms with Crippen LogP contribution in [0, 0.1) is 19.7 Å². The van der Waals surface area contributed by atoms with Gasteiger partial charge in [0, 0.05) is 28.9 Å². The highest BCUT2D eigenvalue weighted by atomic mass is 19.1. The molecule has 0 atom stereocenters. The Morgan fingerprint density at radius 1 is 0.939 bits per heavy atom. The smallest absolute Gasteiger partial charge is 0.247 e. The molecular weight excluding hydrogens is 411 g/mol. The van der Waals surface area contributed by atoms with Gasteiger partial charge >= 0.3 is 0 Å². The highest BCUT2D eigenvalue weighted by Crippen LogP contribution is 2.32. The first-order valence-corrected chi connectivity index (χ1v) is 12.6. The Hall–Kier alpha value is -2.62. The molecule has 2 aliphatic carbocycles. The van der Waals surface area contributed by atoms with Crippen LogP contribution in [0.3, 0.4) is 0 Å². The quantitative estimate of drug-likeness (QED) is 0.436. The lowest BCUT2D eigenvalue weighted by molar-refractivity contribution is -0.118. The summed E-state index contributed by atoms with van der Waals surface area (Å²) >= 11 is 0. The second-order valence-corrected chi connectivity index (χ2v) is 9.82. The molecule has 0 radical (unpaired) electrons. The van der Waals surface area contributed by atoms with Crippen LogP contribution in [0.15, 0.2) is 35.9 Å². The molecule has 2 N–H and O–H groups in total. The van der Waals surface area contributed by atoms with Gasteiger partial charge in [0.2, 0.25) is 5.91 Å². The molecule has 2 aliphatic rings. The molecule has 0 saturated heterocycles. The molecular formula is C29H37FN2O. The highest BCUT2D eigenvalue weighted by molar-refractivity contribution is 5.98. The second-order valence-electron chi connectivity index (χ2n) is 9.82. The summed E-state index contributed by atoms with van der Waals surface area (Å²) in [4.78, 5) is 12.8. The van der Waals surface area contributed by atoms with Crippen molar-refractivity contribution in [2.24, 2.45) is 0 Å². The standard InChI is InChI=1S/C29H37FN2O/c1-4-21(29(33)32-24-11-7-8-12-24)17-22-15-20(3)27(16-19(22)2)26-14-13-25(18-28(26)30)31-23-9-5-6-10-23/h13-18,23-24,31H,4-12H2,1-3H3,(H,32,33)/b21-17+. The van der Waals surface area contributed by atoms with E-state index in [2.05, 4.69) is 16.7 Å². The molecule has 176 valence electrons. The van der Waals surface area contributed by atoms with E-state index < -0.39 is 0 Å². The summed E-state index contributed by atoms with van der Waals surface area (Å²) in [6.45, 7) is 6.07. The van der Waals surface area contributed by atoms with E-state index >= 15 is 4.39 Å². The number of nitrogens with one attached hydrogen (secondary N) is 2. The third kappa shape index (κ3) is 5.66. The maximum atomic E-state index is 15.1. The zero-order valence-electron chi connectivity index (χ0n) is 20.3. The summed E-state index contributed by atoms with van der Waals surface area (Å²) < 4.78 is 15.1. The van der Waals surface area contributed by atoms with Gasteiger partial charge in [0.1, 0.15) is 5.82 Å². The average Bonchev–Trinajstić information content (AvgIpc) is 3.49. The number of halogens is 1. The number of hydrogen-bond donors (Lipinski definition) is 2. The first-order chi connectivity index (χ1) is 15.9. The predicted molar refractivity (Wildman–Crippen MR) is 136 cm³/mol. The number of rotatable bonds is 7.